The molecule has 1 aliphatic rings. The Kier molecular flexibility index (Phi) is 7.10. The second kappa shape index (κ2) is 9.75. The van der Waals surface area contributed by atoms with Crippen molar-refractivity contribution >= 4 is 40.2 Å². The molecule has 0 saturated carbocycles. The van der Waals surface area contributed by atoms with Crippen molar-refractivity contribution in [2.24, 2.45) is 11.0 Å². The lowest BCUT2D eigenvalue weighted by Gasteiger charge is -2.18. The van der Waals surface area contributed by atoms with Crippen LogP contribution in [0.5, 0.6) is 0 Å². The summed E-state index contributed by atoms with van der Waals surface area (Å²) >= 11 is 1.45. The molecule has 2 aromatic rings. The van der Waals surface area contributed by atoms with Crippen molar-refractivity contribution in [3.8, 4) is 0 Å². The van der Waals surface area contributed by atoms with Gasteiger partial charge in [-0.25, -0.2) is 15.0 Å². The fourth-order valence-electron chi connectivity index (χ4n) is 3.41. The summed E-state index contributed by atoms with van der Waals surface area (Å²) < 4.78 is 5.23. The van der Waals surface area contributed by atoms with Gasteiger partial charge in [-0.05, 0) is 55.4 Å². The summed E-state index contributed by atoms with van der Waals surface area (Å²) in [4.78, 5) is 28.0. The maximum atomic E-state index is 12.5. The highest BCUT2D eigenvalue weighted by molar-refractivity contribution is 7.17. The number of esters is 1. The van der Waals surface area contributed by atoms with E-state index < -0.39 is 6.03 Å². The molecule has 1 aromatic heterocycles. The minimum Gasteiger partial charge on any atom is -0.462 e. The van der Waals surface area contributed by atoms with E-state index in [0.29, 0.717) is 23.1 Å². The maximum Gasteiger partial charge on any atom is 0.341 e. The average molecular weight is 429 g/mol. The Morgan fingerprint density at radius 1 is 1.30 bits per heavy atom. The van der Waals surface area contributed by atoms with Crippen molar-refractivity contribution in [3.05, 3.63) is 45.8 Å². The zero-order valence-electron chi connectivity index (χ0n) is 17.8. The Hall–Kier alpha value is -2.87. The van der Waals surface area contributed by atoms with Crippen molar-refractivity contribution in [2.45, 2.75) is 33.1 Å². The molecule has 7 nitrogen and oxygen atoms in total. The second-order valence-electron chi connectivity index (χ2n) is 7.59. The zero-order valence-corrected chi connectivity index (χ0v) is 18.6. The number of thiophene rings is 1. The molecular weight excluding hydrogens is 400 g/mol. The smallest absolute Gasteiger partial charge is 0.341 e. The van der Waals surface area contributed by atoms with E-state index in [-0.39, 0.29) is 5.97 Å². The molecule has 0 radical (unpaired) electrons. The monoisotopic (exact) mass is 428 g/mol. The molecule has 0 fully saturated rings. The quantitative estimate of drug-likeness (QED) is 0.409. The number of fused-ring (bicyclic) bond motifs is 1. The Morgan fingerprint density at radius 3 is 2.70 bits per heavy atom. The van der Waals surface area contributed by atoms with Crippen molar-refractivity contribution < 1.29 is 14.3 Å². The van der Waals surface area contributed by atoms with Crippen LogP contribution in [0, 0.1) is 5.92 Å². The largest absolute Gasteiger partial charge is 0.462 e. The molecule has 0 saturated heterocycles. The number of anilines is 2. The van der Waals surface area contributed by atoms with Gasteiger partial charge in [0.15, 0.2) is 0 Å². The lowest BCUT2D eigenvalue weighted by Crippen LogP contribution is -2.25. The number of rotatable bonds is 6. The molecule has 30 heavy (non-hydrogen) atoms. The Morgan fingerprint density at radius 2 is 2.03 bits per heavy atom. The summed E-state index contributed by atoms with van der Waals surface area (Å²) in [5, 5.41) is 7.31. The average Bonchev–Trinajstić information content (AvgIpc) is 3.05. The van der Waals surface area contributed by atoms with Crippen LogP contribution in [-0.2, 0) is 17.6 Å². The number of hydrogen-bond donors (Lipinski definition) is 2. The SMILES string of the molecule is CCOC(=O)c1c(NC(=O)N/N=C\c2ccc(N(C)C)cc2)sc2c1CC[C@@H](C)C2. The van der Waals surface area contributed by atoms with E-state index in [1.165, 1.54) is 11.3 Å². The molecule has 1 aliphatic carbocycles. The molecule has 0 aliphatic heterocycles. The van der Waals surface area contributed by atoms with E-state index in [9.17, 15) is 9.59 Å². The number of nitrogens with zero attached hydrogens (tertiary/aromatic N) is 2. The lowest BCUT2D eigenvalue weighted by molar-refractivity contribution is 0.0526. The van der Waals surface area contributed by atoms with Crippen LogP contribution in [0.4, 0.5) is 15.5 Å². The number of hydrogen-bond acceptors (Lipinski definition) is 6. The van der Waals surface area contributed by atoms with Crippen molar-refractivity contribution in [1.82, 2.24) is 5.43 Å². The van der Waals surface area contributed by atoms with Gasteiger partial charge in [0.2, 0.25) is 0 Å². The summed E-state index contributed by atoms with van der Waals surface area (Å²) in [6, 6.07) is 7.31. The van der Waals surface area contributed by atoms with E-state index >= 15 is 0 Å². The number of amides is 2. The first-order valence-electron chi connectivity index (χ1n) is 10.1. The molecule has 0 spiro atoms. The van der Waals surface area contributed by atoms with Gasteiger partial charge in [0.05, 0.1) is 18.4 Å². The van der Waals surface area contributed by atoms with E-state index in [4.69, 9.17) is 4.74 Å². The number of carbonyl (C=O) groups excluding carboxylic acids is 2. The van der Waals surface area contributed by atoms with Crippen molar-refractivity contribution in [3.63, 3.8) is 0 Å². The van der Waals surface area contributed by atoms with Gasteiger partial charge >= 0.3 is 12.0 Å². The predicted molar refractivity (Wildman–Crippen MR) is 122 cm³/mol. The number of nitrogens with one attached hydrogen (secondary N) is 2. The van der Waals surface area contributed by atoms with E-state index in [2.05, 4.69) is 22.8 Å². The fourth-order valence-corrected chi connectivity index (χ4v) is 4.81. The molecular formula is C22H28N4O3S. The maximum absolute atomic E-state index is 12.5. The number of hydrazone groups is 1. The topological polar surface area (TPSA) is 83.0 Å². The zero-order chi connectivity index (χ0) is 21.7. The first-order chi connectivity index (χ1) is 14.4. The van der Waals surface area contributed by atoms with Crippen LogP contribution in [0.25, 0.3) is 0 Å². The van der Waals surface area contributed by atoms with Gasteiger partial charge in [-0.2, -0.15) is 5.10 Å². The molecule has 1 heterocycles. The van der Waals surface area contributed by atoms with Crippen molar-refractivity contribution in [2.75, 3.05) is 30.9 Å². The van der Waals surface area contributed by atoms with Gasteiger partial charge in [-0.1, -0.05) is 19.1 Å². The van der Waals surface area contributed by atoms with E-state index in [1.807, 2.05) is 43.3 Å². The fraction of sp³-hybridized carbons (Fsp3) is 0.409. The van der Waals surface area contributed by atoms with Crippen LogP contribution in [0.1, 0.15) is 46.6 Å². The van der Waals surface area contributed by atoms with Crippen LogP contribution in [0.15, 0.2) is 29.4 Å². The summed E-state index contributed by atoms with van der Waals surface area (Å²) in [6.07, 6.45) is 4.34. The minimum absolute atomic E-state index is 0.294. The Bertz CT molecular complexity index is 935. The normalized spacial score (nSPS) is 15.5. The Balaban J connectivity index is 1.69. The molecule has 8 heteroatoms. The standard InChI is InChI=1S/C22H28N4O3S/c1-5-29-21(27)19-17-11-6-14(2)12-18(17)30-20(19)24-22(28)25-23-13-15-7-9-16(10-8-15)26(3)4/h7-10,13-14H,5-6,11-12H2,1-4H3,(H2,24,25,28)/b23-13-/t14-/m1/s1. The summed E-state index contributed by atoms with van der Waals surface area (Å²) in [7, 11) is 3.95. The number of ether oxygens (including phenoxy) is 1. The molecule has 2 N–H and O–H groups in total. The van der Waals surface area contributed by atoms with Gasteiger partial charge < -0.3 is 9.64 Å². The third-order valence-electron chi connectivity index (χ3n) is 5.01. The summed E-state index contributed by atoms with van der Waals surface area (Å²) in [5.41, 5.74) is 5.92. The molecule has 3 rings (SSSR count). The Labute approximate surface area is 181 Å². The van der Waals surface area contributed by atoms with Crippen LogP contribution < -0.4 is 15.6 Å². The molecule has 0 bridgehead atoms. The van der Waals surface area contributed by atoms with Gasteiger partial charge in [0.1, 0.15) is 5.00 Å². The van der Waals surface area contributed by atoms with Crippen molar-refractivity contribution in [1.29, 1.82) is 0 Å². The van der Waals surface area contributed by atoms with Gasteiger partial charge in [-0.15, -0.1) is 11.3 Å². The number of benzene rings is 1. The van der Waals surface area contributed by atoms with E-state index in [1.54, 1.807) is 13.1 Å². The third kappa shape index (κ3) is 5.18. The molecule has 2 amide bonds. The lowest BCUT2D eigenvalue weighted by atomic mass is 9.88. The molecule has 160 valence electrons. The number of urea groups is 1. The van der Waals surface area contributed by atoms with E-state index in [0.717, 1.165) is 41.0 Å². The van der Waals surface area contributed by atoms with Crippen LogP contribution in [0.2, 0.25) is 0 Å². The molecule has 1 atom stereocenters. The van der Waals surface area contributed by atoms with Gasteiger partial charge in [0.25, 0.3) is 0 Å². The van der Waals surface area contributed by atoms with Gasteiger partial charge in [-0.3, -0.25) is 5.32 Å². The molecule has 0 unspecified atom stereocenters. The third-order valence-corrected chi connectivity index (χ3v) is 6.18. The highest BCUT2D eigenvalue weighted by Crippen LogP contribution is 2.40. The first-order valence-corrected chi connectivity index (χ1v) is 10.9. The van der Waals surface area contributed by atoms with Crippen LogP contribution in [-0.4, -0.2) is 38.9 Å². The van der Waals surface area contributed by atoms with Gasteiger partial charge in [0, 0.05) is 24.7 Å². The van der Waals surface area contributed by atoms with Crippen LogP contribution >= 0.6 is 11.3 Å². The predicted octanol–water partition coefficient (Wildman–Crippen LogP) is 4.27. The summed E-state index contributed by atoms with van der Waals surface area (Å²) in [5.74, 6) is 0.181. The molecule has 1 aromatic carbocycles. The summed E-state index contributed by atoms with van der Waals surface area (Å²) in [6.45, 7) is 4.27. The highest BCUT2D eigenvalue weighted by Gasteiger charge is 2.29. The highest BCUT2D eigenvalue weighted by atomic mass is 32.1. The first kappa shape index (κ1) is 21.8. The minimum atomic E-state index is -0.492. The number of carbonyl (C=O) groups is 2. The second-order valence-corrected chi connectivity index (χ2v) is 8.69. The van der Waals surface area contributed by atoms with Crippen LogP contribution in [0.3, 0.4) is 0 Å².